The van der Waals surface area contributed by atoms with Gasteiger partial charge in [-0.05, 0) is 36.8 Å². The molecule has 0 fully saturated rings. The highest BCUT2D eigenvalue weighted by Crippen LogP contribution is 2.34. The normalized spacial score (nSPS) is 10.6. The fourth-order valence-electron chi connectivity index (χ4n) is 1.92. The predicted octanol–water partition coefficient (Wildman–Crippen LogP) is 4.22. The number of carboxylic acid groups (broad SMARTS) is 1. The summed E-state index contributed by atoms with van der Waals surface area (Å²) in [6.07, 6.45) is 3.87. The van der Waals surface area contributed by atoms with Gasteiger partial charge in [0.15, 0.2) is 11.5 Å². The summed E-state index contributed by atoms with van der Waals surface area (Å²) >= 11 is 0. The van der Waals surface area contributed by atoms with Crippen LogP contribution in [0.1, 0.15) is 22.8 Å². The Morgan fingerprint density at radius 1 is 1.10 bits per heavy atom. The van der Waals surface area contributed by atoms with Crippen LogP contribution in [0.15, 0.2) is 48.5 Å². The summed E-state index contributed by atoms with van der Waals surface area (Å²) in [4.78, 5) is 11.2. The molecule has 0 heterocycles. The largest absolute Gasteiger partial charge is 0.493 e. The molecule has 2 rings (SSSR count). The maximum Gasteiger partial charge on any atom is 0.339 e. The number of allylic oxidation sites excluding steroid dienone is 1. The lowest BCUT2D eigenvalue weighted by molar-refractivity contribution is 0.0694. The first-order valence-electron chi connectivity index (χ1n) is 6.46. The highest BCUT2D eigenvalue weighted by Gasteiger charge is 2.13. The topological polar surface area (TPSA) is 55.8 Å². The first kappa shape index (κ1) is 14.7. The first-order valence-corrected chi connectivity index (χ1v) is 6.46. The van der Waals surface area contributed by atoms with Crippen molar-refractivity contribution in [3.05, 3.63) is 59.7 Å². The van der Waals surface area contributed by atoms with Crippen molar-refractivity contribution in [1.82, 2.24) is 0 Å². The number of hydrogen-bond donors (Lipinski definition) is 1. The quantitative estimate of drug-likeness (QED) is 0.893. The number of aromatic carboxylic acids is 1. The fraction of sp³-hybridized carbons (Fsp3) is 0.118. The monoisotopic (exact) mass is 284 g/mol. The molecule has 0 amide bonds. The molecule has 0 saturated carbocycles. The molecular formula is C17H16O4. The summed E-state index contributed by atoms with van der Waals surface area (Å²) in [7, 11) is 1.55. The molecule has 0 saturated heterocycles. The third kappa shape index (κ3) is 3.42. The second kappa shape index (κ2) is 6.61. The predicted molar refractivity (Wildman–Crippen MR) is 81.2 cm³/mol. The minimum atomic E-state index is -1.03. The van der Waals surface area contributed by atoms with Gasteiger partial charge in [-0.15, -0.1) is 0 Å². The lowest BCUT2D eigenvalue weighted by atomic mass is 10.1. The first-order chi connectivity index (χ1) is 10.2. The molecule has 0 unspecified atom stereocenters. The van der Waals surface area contributed by atoms with Gasteiger partial charge >= 0.3 is 5.97 Å². The van der Waals surface area contributed by atoms with E-state index in [1.165, 1.54) is 6.07 Å². The number of hydrogen-bond acceptors (Lipinski definition) is 3. The highest BCUT2D eigenvalue weighted by atomic mass is 16.5. The summed E-state index contributed by atoms with van der Waals surface area (Å²) in [6, 6.07) is 12.0. The van der Waals surface area contributed by atoms with Crippen molar-refractivity contribution in [2.45, 2.75) is 6.92 Å². The van der Waals surface area contributed by atoms with Gasteiger partial charge in [-0.1, -0.05) is 30.4 Å². The van der Waals surface area contributed by atoms with Crippen molar-refractivity contribution in [3.63, 3.8) is 0 Å². The van der Waals surface area contributed by atoms with Crippen LogP contribution in [-0.4, -0.2) is 18.2 Å². The Hall–Kier alpha value is -2.75. The molecule has 0 aliphatic carbocycles. The van der Waals surface area contributed by atoms with Gasteiger partial charge < -0.3 is 14.6 Å². The molecule has 108 valence electrons. The second-order valence-corrected chi connectivity index (χ2v) is 4.31. The van der Waals surface area contributed by atoms with Gasteiger partial charge in [0.2, 0.25) is 0 Å². The summed E-state index contributed by atoms with van der Waals surface area (Å²) in [6.45, 7) is 1.93. The molecule has 0 radical (unpaired) electrons. The summed E-state index contributed by atoms with van der Waals surface area (Å²) in [5, 5.41) is 9.16. The minimum Gasteiger partial charge on any atom is -0.493 e. The lowest BCUT2D eigenvalue weighted by Gasteiger charge is -2.12. The Labute approximate surface area is 123 Å². The molecule has 2 aromatic carbocycles. The molecule has 21 heavy (non-hydrogen) atoms. The SMILES string of the molecule is CC=Cc1ccc(Oc2ccccc2C(=O)O)c(OC)c1. The highest BCUT2D eigenvalue weighted by molar-refractivity contribution is 5.91. The van der Waals surface area contributed by atoms with E-state index in [2.05, 4.69) is 0 Å². The van der Waals surface area contributed by atoms with E-state index in [9.17, 15) is 4.79 Å². The second-order valence-electron chi connectivity index (χ2n) is 4.31. The van der Waals surface area contributed by atoms with Crippen molar-refractivity contribution >= 4 is 12.0 Å². The van der Waals surface area contributed by atoms with Crippen LogP contribution in [0.25, 0.3) is 6.08 Å². The third-order valence-corrected chi connectivity index (χ3v) is 2.88. The van der Waals surface area contributed by atoms with Crippen LogP contribution < -0.4 is 9.47 Å². The molecule has 0 bridgehead atoms. The average Bonchev–Trinajstić information content (AvgIpc) is 2.49. The van der Waals surface area contributed by atoms with E-state index in [1.54, 1.807) is 31.4 Å². The number of methoxy groups -OCH3 is 1. The number of carboxylic acids is 1. The Bertz CT molecular complexity index is 674. The van der Waals surface area contributed by atoms with E-state index in [0.717, 1.165) is 5.56 Å². The van der Waals surface area contributed by atoms with Crippen LogP contribution in [0, 0.1) is 0 Å². The number of para-hydroxylation sites is 1. The molecule has 1 N–H and O–H groups in total. The van der Waals surface area contributed by atoms with Crippen LogP contribution in [0.2, 0.25) is 0 Å². The lowest BCUT2D eigenvalue weighted by Crippen LogP contribution is -2.00. The van der Waals surface area contributed by atoms with Crippen LogP contribution in [0.5, 0.6) is 17.2 Å². The maximum atomic E-state index is 11.2. The van der Waals surface area contributed by atoms with Gasteiger partial charge in [-0.25, -0.2) is 4.79 Å². The van der Waals surface area contributed by atoms with E-state index < -0.39 is 5.97 Å². The number of carbonyl (C=O) groups is 1. The van der Waals surface area contributed by atoms with E-state index in [4.69, 9.17) is 14.6 Å². The van der Waals surface area contributed by atoms with Gasteiger partial charge in [0.1, 0.15) is 11.3 Å². The molecule has 0 spiro atoms. The van der Waals surface area contributed by atoms with Crippen molar-refractivity contribution in [2.75, 3.05) is 7.11 Å². The van der Waals surface area contributed by atoms with Crippen molar-refractivity contribution in [2.24, 2.45) is 0 Å². The smallest absolute Gasteiger partial charge is 0.339 e. The molecule has 0 aromatic heterocycles. The van der Waals surface area contributed by atoms with Gasteiger partial charge in [-0.3, -0.25) is 0 Å². The number of benzene rings is 2. The Kier molecular flexibility index (Phi) is 4.61. The van der Waals surface area contributed by atoms with Crippen LogP contribution >= 0.6 is 0 Å². The molecular weight excluding hydrogens is 268 g/mol. The van der Waals surface area contributed by atoms with E-state index >= 15 is 0 Å². The molecule has 0 aliphatic rings. The molecule has 0 aliphatic heterocycles. The van der Waals surface area contributed by atoms with Crippen molar-refractivity contribution in [1.29, 1.82) is 0 Å². The van der Waals surface area contributed by atoms with Gasteiger partial charge in [0, 0.05) is 0 Å². The van der Waals surface area contributed by atoms with E-state index in [0.29, 0.717) is 11.5 Å². The summed E-state index contributed by atoms with van der Waals surface area (Å²) in [5.74, 6) is 0.266. The zero-order chi connectivity index (χ0) is 15.2. The van der Waals surface area contributed by atoms with E-state index in [-0.39, 0.29) is 11.3 Å². The molecule has 0 atom stereocenters. The molecule has 4 heteroatoms. The number of rotatable bonds is 5. The van der Waals surface area contributed by atoms with Gasteiger partial charge in [-0.2, -0.15) is 0 Å². The zero-order valence-electron chi connectivity index (χ0n) is 11.9. The Morgan fingerprint density at radius 3 is 2.52 bits per heavy atom. The third-order valence-electron chi connectivity index (χ3n) is 2.88. The minimum absolute atomic E-state index is 0.108. The average molecular weight is 284 g/mol. The van der Waals surface area contributed by atoms with Crippen molar-refractivity contribution in [3.8, 4) is 17.2 Å². The van der Waals surface area contributed by atoms with Crippen LogP contribution in [0.3, 0.4) is 0 Å². The fourth-order valence-corrected chi connectivity index (χ4v) is 1.92. The summed E-state index contributed by atoms with van der Waals surface area (Å²) in [5.41, 5.74) is 1.09. The van der Waals surface area contributed by atoms with Gasteiger partial charge in [0.05, 0.1) is 7.11 Å². The molecule has 2 aromatic rings. The van der Waals surface area contributed by atoms with Gasteiger partial charge in [0.25, 0.3) is 0 Å². The summed E-state index contributed by atoms with van der Waals surface area (Å²) < 4.78 is 11.0. The zero-order valence-corrected chi connectivity index (χ0v) is 11.9. The van der Waals surface area contributed by atoms with Crippen LogP contribution in [-0.2, 0) is 0 Å². The standard InChI is InChI=1S/C17H16O4/c1-3-6-12-9-10-15(16(11-12)20-2)21-14-8-5-4-7-13(14)17(18)19/h3-11H,1-2H3,(H,18,19). The van der Waals surface area contributed by atoms with Crippen LogP contribution in [0.4, 0.5) is 0 Å². The molecule has 4 nitrogen and oxygen atoms in total. The maximum absolute atomic E-state index is 11.2. The Morgan fingerprint density at radius 2 is 1.86 bits per heavy atom. The van der Waals surface area contributed by atoms with E-state index in [1.807, 2.05) is 31.2 Å². The Balaban J connectivity index is 2.38. The number of ether oxygens (including phenoxy) is 2. The van der Waals surface area contributed by atoms with Crippen molar-refractivity contribution < 1.29 is 19.4 Å².